The lowest BCUT2D eigenvalue weighted by molar-refractivity contribution is -0.137. The van der Waals surface area contributed by atoms with Crippen LogP contribution in [0.25, 0.3) is 6.08 Å². The zero-order valence-corrected chi connectivity index (χ0v) is 24.4. The van der Waals surface area contributed by atoms with Crippen molar-refractivity contribution in [1.82, 2.24) is 9.47 Å². The molecule has 43 heavy (non-hydrogen) atoms. The molecular weight excluding hydrogens is 564 g/mol. The third-order valence-corrected chi connectivity index (χ3v) is 8.30. The number of thiazole rings is 1. The average molecular weight is 595 g/mol. The Morgan fingerprint density at radius 3 is 2.37 bits per heavy atom. The van der Waals surface area contributed by atoms with Gasteiger partial charge >= 0.3 is 0 Å². The number of para-hydroxylation sites is 1. The maximum absolute atomic E-state index is 13.9. The second-order valence-electron chi connectivity index (χ2n) is 10.2. The van der Waals surface area contributed by atoms with Gasteiger partial charge < -0.3 is 19.7 Å². The molecule has 1 N–H and O–H groups in total. The van der Waals surface area contributed by atoms with Gasteiger partial charge in [0.1, 0.15) is 5.75 Å². The number of carbonyl (C=O) groups is 2. The van der Waals surface area contributed by atoms with Crippen molar-refractivity contribution in [3.63, 3.8) is 0 Å². The molecule has 0 saturated carbocycles. The number of hydrogen-bond donors (Lipinski definition) is 1. The summed E-state index contributed by atoms with van der Waals surface area (Å²) in [6.45, 7) is 3.98. The van der Waals surface area contributed by atoms with Crippen molar-refractivity contribution < 1.29 is 19.1 Å². The highest BCUT2D eigenvalue weighted by atomic mass is 32.1. The van der Waals surface area contributed by atoms with Crippen molar-refractivity contribution in [2.75, 3.05) is 38.2 Å². The van der Waals surface area contributed by atoms with E-state index in [0.717, 1.165) is 11.1 Å². The van der Waals surface area contributed by atoms with Crippen molar-refractivity contribution in [3.05, 3.63) is 127 Å². The summed E-state index contributed by atoms with van der Waals surface area (Å²) < 4.78 is 13.1. The van der Waals surface area contributed by atoms with E-state index in [9.17, 15) is 14.4 Å². The molecule has 2 aliphatic heterocycles. The molecule has 10 heteroatoms. The molecule has 6 rings (SSSR count). The summed E-state index contributed by atoms with van der Waals surface area (Å²) in [6, 6.07) is 25.3. The summed E-state index contributed by atoms with van der Waals surface area (Å²) in [7, 11) is 0. The number of hydrogen-bond acceptors (Lipinski definition) is 7. The molecule has 0 radical (unpaired) electrons. The molecule has 218 valence electrons. The smallest absolute Gasteiger partial charge is 0.271 e. The van der Waals surface area contributed by atoms with E-state index in [2.05, 4.69) is 5.32 Å². The Hall–Kier alpha value is -4.80. The van der Waals surface area contributed by atoms with E-state index in [1.807, 2.05) is 72.8 Å². The van der Waals surface area contributed by atoms with Crippen molar-refractivity contribution in [3.8, 4) is 5.75 Å². The Balaban J connectivity index is 1.28. The van der Waals surface area contributed by atoms with Crippen molar-refractivity contribution >= 4 is 34.9 Å². The van der Waals surface area contributed by atoms with Gasteiger partial charge in [-0.05, 0) is 48.4 Å². The number of rotatable bonds is 7. The molecule has 0 unspecified atom stereocenters. The third kappa shape index (κ3) is 6.20. The van der Waals surface area contributed by atoms with E-state index >= 15 is 0 Å². The summed E-state index contributed by atoms with van der Waals surface area (Å²) in [5.41, 5.74) is 3.02. The minimum atomic E-state index is -0.636. The SMILES string of the molecule is CC1=C(C(=O)Nc2ccccc2)[C@@H](c2ccccc2)n2c(s/c(=C/c3ccc(OCC(=O)N4CCOCC4)cc3)c2=O)=N1. The molecule has 0 spiro atoms. The zero-order valence-electron chi connectivity index (χ0n) is 23.6. The fourth-order valence-electron chi connectivity index (χ4n) is 5.14. The topological polar surface area (TPSA) is 102 Å². The monoisotopic (exact) mass is 594 g/mol. The van der Waals surface area contributed by atoms with Crippen LogP contribution < -0.4 is 24.9 Å². The molecule has 9 nitrogen and oxygen atoms in total. The number of benzene rings is 3. The molecule has 3 aromatic carbocycles. The number of nitrogens with one attached hydrogen (secondary N) is 1. The minimum Gasteiger partial charge on any atom is -0.484 e. The Morgan fingerprint density at radius 2 is 1.67 bits per heavy atom. The van der Waals surface area contributed by atoms with Gasteiger partial charge in [-0.1, -0.05) is 72.0 Å². The number of amides is 2. The largest absolute Gasteiger partial charge is 0.484 e. The summed E-state index contributed by atoms with van der Waals surface area (Å²) >= 11 is 1.28. The fraction of sp³-hybridized carbons (Fsp3) is 0.212. The molecule has 1 fully saturated rings. The standard InChI is InChI=1S/C33H30N4O5S/c1-22-29(31(39)35-25-10-6-3-7-11-25)30(24-8-4-2-5-9-24)37-32(40)27(43-33(37)34-22)20-23-12-14-26(15-13-23)42-21-28(38)36-16-18-41-19-17-36/h2-15,20,30H,16-19,21H2,1H3,(H,35,39)/b27-20+/t30-/m1/s1. The van der Waals surface area contributed by atoms with Gasteiger partial charge in [0.15, 0.2) is 11.4 Å². The molecule has 1 atom stereocenters. The van der Waals surface area contributed by atoms with Crippen LogP contribution in [0.2, 0.25) is 0 Å². The molecule has 4 aromatic rings. The van der Waals surface area contributed by atoms with Crippen LogP contribution in [0.15, 0.2) is 106 Å². The molecule has 2 amide bonds. The van der Waals surface area contributed by atoms with E-state index in [4.69, 9.17) is 14.5 Å². The van der Waals surface area contributed by atoms with E-state index in [-0.39, 0.29) is 24.0 Å². The number of morpholine rings is 1. The molecule has 1 saturated heterocycles. The van der Waals surface area contributed by atoms with E-state index in [1.165, 1.54) is 11.3 Å². The van der Waals surface area contributed by atoms with Crippen LogP contribution in [-0.2, 0) is 14.3 Å². The lowest BCUT2D eigenvalue weighted by atomic mass is 9.95. The molecule has 0 bridgehead atoms. The fourth-order valence-corrected chi connectivity index (χ4v) is 6.19. The maximum Gasteiger partial charge on any atom is 0.271 e. The molecular formula is C33H30N4O5S. The number of allylic oxidation sites excluding steroid dienone is 1. The highest BCUT2D eigenvalue weighted by Gasteiger charge is 2.32. The maximum atomic E-state index is 13.9. The second-order valence-corrected chi connectivity index (χ2v) is 11.2. The Labute approximate surface area is 252 Å². The number of ether oxygens (including phenoxy) is 2. The summed E-state index contributed by atoms with van der Waals surface area (Å²) in [5, 5.41) is 2.96. The van der Waals surface area contributed by atoms with Crippen LogP contribution in [0.3, 0.4) is 0 Å². The Bertz CT molecular complexity index is 1840. The van der Waals surface area contributed by atoms with Crippen molar-refractivity contribution in [1.29, 1.82) is 0 Å². The van der Waals surface area contributed by atoms with E-state index in [1.54, 1.807) is 34.6 Å². The van der Waals surface area contributed by atoms with Crippen LogP contribution in [0.1, 0.15) is 24.1 Å². The van der Waals surface area contributed by atoms with Gasteiger partial charge in [-0.3, -0.25) is 19.0 Å². The Morgan fingerprint density at radius 1 is 1.00 bits per heavy atom. The number of nitrogens with zero attached hydrogens (tertiary/aromatic N) is 3. The lowest BCUT2D eigenvalue weighted by Crippen LogP contribution is -2.42. The summed E-state index contributed by atoms with van der Waals surface area (Å²) in [5.74, 6) is 0.181. The van der Waals surface area contributed by atoms with Crippen LogP contribution in [0.4, 0.5) is 5.69 Å². The first-order valence-electron chi connectivity index (χ1n) is 14.0. The van der Waals surface area contributed by atoms with Crippen LogP contribution in [-0.4, -0.2) is 54.2 Å². The molecule has 3 heterocycles. The molecule has 1 aromatic heterocycles. The molecule has 2 aliphatic rings. The second kappa shape index (κ2) is 12.6. The van der Waals surface area contributed by atoms with E-state index in [0.29, 0.717) is 58.3 Å². The van der Waals surface area contributed by atoms with Gasteiger partial charge in [0.25, 0.3) is 17.4 Å². The van der Waals surface area contributed by atoms with Gasteiger partial charge in [0.2, 0.25) is 0 Å². The number of aromatic nitrogens is 1. The van der Waals surface area contributed by atoms with Gasteiger partial charge in [0, 0.05) is 18.8 Å². The van der Waals surface area contributed by atoms with Gasteiger partial charge in [-0.25, -0.2) is 4.99 Å². The minimum absolute atomic E-state index is 0.0447. The van der Waals surface area contributed by atoms with Gasteiger partial charge in [0.05, 0.1) is 35.1 Å². The number of carbonyl (C=O) groups excluding carboxylic acids is 2. The van der Waals surface area contributed by atoms with Gasteiger partial charge in [-0.2, -0.15) is 0 Å². The predicted molar refractivity (Wildman–Crippen MR) is 165 cm³/mol. The molecule has 0 aliphatic carbocycles. The zero-order chi connectivity index (χ0) is 29.8. The highest BCUT2D eigenvalue weighted by molar-refractivity contribution is 7.07. The normalized spacial score (nSPS) is 16.8. The number of anilines is 1. The first-order valence-corrected chi connectivity index (χ1v) is 14.8. The quantitative estimate of drug-likeness (QED) is 0.354. The van der Waals surface area contributed by atoms with Crippen molar-refractivity contribution in [2.24, 2.45) is 4.99 Å². The third-order valence-electron chi connectivity index (χ3n) is 7.32. The van der Waals surface area contributed by atoms with Crippen molar-refractivity contribution in [2.45, 2.75) is 13.0 Å². The summed E-state index contributed by atoms with van der Waals surface area (Å²) in [6.07, 6.45) is 1.80. The lowest BCUT2D eigenvalue weighted by Gasteiger charge is -2.26. The average Bonchev–Trinajstić information content (AvgIpc) is 3.34. The van der Waals surface area contributed by atoms with Crippen LogP contribution in [0, 0.1) is 0 Å². The number of fused-ring (bicyclic) bond motifs is 1. The Kier molecular flexibility index (Phi) is 8.30. The van der Waals surface area contributed by atoms with Gasteiger partial charge in [-0.15, -0.1) is 0 Å². The first kappa shape index (κ1) is 28.3. The van der Waals surface area contributed by atoms with E-state index < -0.39 is 6.04 Å². The highest BCUT2D eigenvalue weighted by Crippen LogP contribution is 2.30. The van der Waals surface area contributed by atoms with Crippen LogP contribution in [0.5, 0.6) is 5.75 Å². The predicted octanol–water partition coefficient (Wildman–Crippen LogP) is 3.11. The first-order chi connectivity index (χ1) is 21.0. The summed E-state index contributed by atoms with van der Waals surface area (Å²) in [4.78, 5) is 46.8. The van der Waals surface area contributed by atoms with Crippen LogP contribution >= 0.6 is 11.3 Å².